The second-order valence-electron chi connectivity index (χ2n) is 5.59. The highest BCUT2D eigenvalue weighted by Gasteiger charge is 2.30. The van der Waals surface area contributed by atoms with Gasteiger partial charge in [0.05, 0.1) is 4.90 Å². The van der Waals surface area contributed by atoms with Crippen LogP contribution in [0.15, 0.2) is 53.4 Å². The smallest absolute Gasteiger partial charge is 0.267 e. The first-order valence-corrected chi connectivity index (χ1v) is 8.89. The first kappa shape index (κ1) is 18.3. The van der Waals surface area contributed by atoms with Crippen molar-refractivity contribution in [1.82, 2.24) is 0 Å². The van der Waals surface area contributed by atoms with Gasteiger partial charge in [-0.15, -0.1) is 0 Å². The van der Waals surface area contributed by atoms with Gasteiger partial charge in [-0.3, -0.25) is 4.79 Å². The number of halogens is 1. The Morgan fingerprint density at radius 3 is 2.12 bits per heavy atom. The van der Waals surface area contributed by atoms with Crippen LogP contribution in [-0.2, 0) is 14.8 Å². The third-order valence-electron chi connectivity index (χ3n) is 3.17. The molecule has 2 aromatic rings. The van der Waals surface area contributed by atoms with Gasteiger partial charge < -0.3 is 10.1 Å². The van der Waals surface area contributed by atoms with Crippen molar-refractivity contribution in [2.75, 3.05) is 5.32 Å². The molecule has 128 valence electrons. The highest BCUT2D eigenvalue weighted by Crippen LogP contribution is 2.22. The van der Waals surface area contributed by atoms with Crippen LogP contribution in [0.5, 0.6) is 5.75 Å². The average molecular weight is 369 g/mol. The van der Waals surface area contributed by atoms with Crippen LogP contribution in [-0.4, -0.2) is 19.9 Å². The maximum atomic E-state index is 12.4. The zero-order valence-electron chi connectivity index (χ0n) is 13.1. The summed E-state index contributed by atoms with van der Waals surface area (Å²) in [4.78, 5) is 12.4. The quantitative estimate of drug-likeness (QED) is 0.847. The van der Waals surface area contributed by atoms with Crippen LogP contribution in [0.25, 0.3) is 0 Å². The van der Waals surface area contributed by atoms with E-state index in [1.54, 1.807) is 38.1 Å². The topological polar surface area (TPSA) is 98.5 Å². The summed E-state index contributed by atoms with van der Waals surface area (Å²) in [5.41, 5.74) is -0.716. The van der Waals surface area contributed by atoms with E-state index in [1.807, 2.05) is 0 Å². The second-order valence-corrected chi connectivity index (χ2v) is 7.59. The number of ether oxygens (including phenoxy) is 1. The predicted octanol–water partition coefficient (Wildman–Crippen LogP) is 2.78. The highest BCUT2D eigenvalue weighted by atomic mass is 35.5. The van der Waals surface area contributed by atoms with Crippen molar-refractivity contribution in [2.45, 2.75) is 24.3 Å². The fraction of sp³-hybridized carbons (Fsp3) is 0.188. The average Bonchev–Trinajstić information content (AvgIpc) is 2.49. The van der Waals surface area contributed by atoms with Gasteiger partial charge in [0.1, 0.15) is 5.75 Å². The summed E-state index contributed by atoms with van der Waals surface area (Å²) in [7, 11) is -3.77. The van der Waals surface area contributed by atoms with E-state index in [9.17, 15) is 13.2 Å². The molecule has 0 saturated carbocycles. The number of sulfonamides is 1. The van der Waals surface area contributed by atoms with Gasteiger partial charge in [0.2, 0.25) is 10.0 Å². The Balaban J connectivity index is 2.08. The maximum Gasteiger partial charge on any atom is 0.267 e. The molecule has 0 bridgehead atoms. The van der Waals surface area contributed by atoms with E-state index in [4.69, 9.17) is 21.5 Å². The fourth-order valence-corrected chi connectivity index (χ4v) is 2.49. The van der Waals surface area contributed by atoms with Gasteiger partial charge in [-0.1, -0.05) is 11.6 Å². The lowest BCUT2D eigenvalue weighted by Crippen LogP contribution is -2.42. The van der Waals surface area contributed by atoms with Crippen molar-refractivity contribution in [3.8, 4) is 5.75 Å². The molecule has 24 heavy (non-hydrogen) atoms. The van der Waals surface area contributed by atoms with Crippen LogP contribution in [0.1, 0.15) is 13.8 Å². The van der Waals surface area contributed by atoms with Gasteiger partial charge in [-0.05, 0) is 62.4 Å². The Morgan fingerprint density at radius 1 is 1.08 bits per heavy atom. The lowest BCUT2D eigenvalue weighted by molar-refractivity contribution is -0.128. The standard InChI is InChI=1S/C16H17ClN2O4S/c1-16(2,23-13-7-3-11(17)4-8-13)15(20)19-12-5-9-14(10-6-12)24(18,21)22/h3-10H,1-2H3,(H,19,20)(H2,18,21,22). The molecule has 0 saturated heterocycles. The Kier molecular flexibility index (Phi) is 5.17. The molecular weight excluding hydrogens is 352 g/mol. The number of amides is 1. The summed E-state index contributed by atoms with van der Waals surface area (Å²) >= 11 is 5.81. The molecule has 0 fully saturated rings. The molecule has 0 aliphatic heterocycles. The molecule has 0 unspecified atom stereocenters. The molecule has 0 radical (unpaired) electrons. The Morgan fingerprint density at radius 2 is 1.62 bits per heavy atom. The molecule has 0 heterocycles. The Hall–Kier alpha value is -2.09. The summed E-state index contributed by atoms with van der Waals surface area (Å²) < 4.78 is 28.1. The van der Waals surface area contributed by atoms with Gasteiger partial charge >= 0.3 is 0 Å². The number of carbonyl (C=O) groups excluding carboxylic acids is 1. The number of carbonyl (C=O) groups is 1. The van der Waals surface area contributed by atoms with Crippen molar-refractivity contribution < 1.29 is 17.9 Å². The number of anilines is 1. The van der Waals surface area contributed by atoms with Crippen molar-refractivity contribution in [3.05, 3.63) is 53.6 Å². The van der Waals surface area contributed by atoms with Crippen LogP contribution in [0.2, 0.25) is 5.02 Å². The van der Waals surface area contributed by atoms with Gasteiger partial charge in [-0.2, -0.15) is 0 Å². The number of nitrogens with one attached hydrogen (secondary N) is 1. The summed E-state index contributed by atoms with van der Waals surface area (Å²) in [6.07, 6.45) is 0. The molecule has 0 atom stereocenters. The normalized spacial score (nSPS) is 11.8. The van der Waals surface area contributed by atoms with Gasteiger partial charge in [-0.25, -0.2) is 13.6 Å². The van der Waals surface area contributed by atoms with E-state index in [-0.39, 0.29) is 10.8 Å². The van der Waals surface area contributed by atoms with Crippen molar-refractivity contribution in [1.29, 1.82) is 0 Å². The molecule has 3 N–H and O–H groups in total. The van der Waals surface area contributed by atoms with Crippen LogP contribution in [0.3, 0.4) is 0 Å². The van der Waals surface area contributed by atoms with Crippen LogP contribution < -0.4 is 15.2 Å². The van der Waals surface area contributed by atoms with Crippen molar-refractivity contribution in [2.24, 2.45) is 5.14 Å². The molecule has 0 aliphatic rings. The lowest BCUT2D eigenvalue weighted by atomic mass is 10.1. The number of nitrogens with two attached hydrogens (primary N) is 1. The molecule has 8 heteroatoms. The minimum absolute atomic E-state index is 0.0304. The van der Waals surface area contributed by atoms with Crippen LogP contribution in [0, 0.1) is 0 Å². The Bertz CT molecular complexity index is 831. The molecule has 2 aromatic carbocycles. The summed E-state index contributed by atoms with van der Waals surface area (Å²) in [6, 6.07) is 12.2. The Labute approximate surface area is 145 Å². The molecule has 6 nitrogen and oxygen atoms in total. The van der Waals surface area contributed by atoms with E-state index in [0.717, 1.165) is 0 Å². The van der Waals surface area contributed by atoms with E-state index < -0.39 is 15.6 Å². The lowest BCUT2D eigenvalue weighted by Gasteiger charge is -2.25. The fourth-order valence-electron chi connectivity index (χ4n) is 1.85. The van der Waals surface area contributed by atoms with Crippen molar-refractivity contribution >= 4 is 33.2 Å². The highest BCUT2D eigenvalue weighted by molar-refractivity contribution is 7.89. The number of rotatable bonds is 5. The van der Waals surface area contributed by atoms with Crippen LogP contribution in [0.4, 0.5) is 5.69 Å². The van der Waals surface area contributed by atoms with Gasteiger partial charge in [0, 0.05) is 10.7 Å². The molecule has 2 rings (SSSR count). The minimum Gasteiger partial charge on any atom is -0.478 e. The molecular formula is C16H17ClN2O4S. The summed E-state index contributed by atoms with van der Waals surface area (Å²) in [6.45, 7) is 3.24. The van der Waals surface area contributed by atoms with Crippen molar-refractivity contribution in [3.63, 3.8) is 0 Å². The molecule has 0 aromatic heterocycles. The maximum absolute atomic E-state index is 12.4. The second kappa shape index (κ2) is 6.80. The van der Waals surface area contributed by atoms with Gasteiger partial charge in [0.15, 0.2) is 5.60 Å². The first-order chi connectivity index (χ1) is 11.1. The van der Waals surface area contributed by atoms with E-state index >= 15 is 0 Å². The molecule has 1 amide bonds. The third kappa shape index (κ3) is 4.70. The first-order valence-electron chi connectivity index (χ1n) is 6.97. The number of hydrogen-bond acceptors (Lipinski definition) is 4. The zero-order valence-corrected chi connectivity index (χ0v) is 14.7. The van der Waals surface area contributed by atoms with Gasteiger partial charge in [0.25, 0.3) is 5.91 Å². The monoisotopic (exact) mass is 368 g/mol. The number of benzene rings is 2. The molecule has 0 aliphatic carbocycles. The largest absolute Gasteiger partial charge is 0.478 e. The van der Waals surface area contributed by atoms with E-state index in [1.165, 1.54) is 24.3 Å². The summed E-state index contributed by atoms with van der Waals surface area (Å²) in [5.74, 6) is 0.116. The minimum atomic E-state index is -3.77. The third-order valence-corrected chi connectivity index (χ3v) is 4.36. The number of primary sulfonamides is 1. The van der Waals surface area contributed by atoms with E-state index in [2.05, 4.69) is 5.32 Å². The number of hydrogen-bond donors (Lipinski definition) is 2. The zero-order chi connectivity index (χ0) is 18.0. The SMILES string of the molecule is CC(C)(Oc1ccc(Cl)cc1)C(=O)Nc1ccc(S(N)(=O)=O)cc1. The predicted molar refractivity (Wildman–Crippen MR) is 92.6 cm³/mol. The summed E-state index contributed by atoms with van der Waals surface area (Å²) in [5, 5.41) is 8.27. The molecule has 0 spiro atoms. The van der Waals surface area contributed by atoms with Crippen LogP contribution >= 0.6 is 11.6 Å². The van der Waals surface area contributed by atoms with E-state index in [0.29, 0.717) is 16.5 Å².